The molecule has 3 rings (SSSR count). The third kappa shape index (κ3) is 5.28. The van der Waals surface area contributed by atoms with Crippen molar-refractivity contribution >= 4 is 5.91 Å². The second-order valence-corrected chi connectivity index (χ2v) is 7.00. The van der Waals surface area contributed by atoms with Crippen molar-refractivity contribution < 1.29 is 14.3 Å². The van der Waals surface area contributed by atoms with Gasteiger partial charge in [-0.3, -0.25) is 9.69 Å². The van der Waals surface area contributed by atoms with Crippen molar-refractivity contribution in [3.05, 3.63) is 59.3 Å². The molecule has 0 bridgehead atoms. The fourth-order valence-corrected chi connectivity index (χ4v) is 3.45. The lowest BCUT2D eigenvalue weighted by Crippen LogP contribution is -2.44. The summed E-state index contributed by atoms with van der Waals surface area (Å²) in [6.45, 7) is 7.31. The number of amides is 1. The predicted octanol–water partition coefficient (Wildman–Crippen LogP) is 2.63. The molecule has 1 fully saturated rings. The number of aromatic nitrogens is 1. The molecule has 0 spiro atoms. The molecule has 1 saturated heterocycles. The van der Waals surface area contributed by atoms with Gasteiger partial charge in [0.1, 0.15) is 0 Å². The van der Waals surface area contributed by atoms with Crippen molar-refractivity contribution in [2.75, 3.05) is 20.2 Å². The molecule has 1 amide bonds. The second-order valence-electron chi connectivity index (χ2n) is 7.00. The lowest BCUT2D eigenvalue weighted by atomic mass is 10.1. The Bertz CT molecular complexity index is 754. The Kier molecular flexibility index (Phi) is 6.42. The highest BCUT2D eigenvalue weighted by atomic mass is 16.5. The number of nitrogens with zero attached hydrogens (tertiary/aromatic N) is 2. The fraction of sp³-hybridized carbons (Fsp3) is 0.429. The van der Waals surface area contributed by atoms with Crippen molar-refractivity contribution in [2.24, 2.45) is 0 Å². The van der Waals surface area contributed by atoms with E-state index in [0.29, 0.717) is 18.0 Å². The molecule has 2 aromatic rings. The summed E-state index contributed by atoms with van der Waals surface area (Å²) in [6, 6.07) is 11.5. The molecule has 144 valence electrons. The van der Waals surface area contributed by atoms with Gasteiger partial charge < -0.3 is 14.8 Å². The van der Waals surface area contributed by atoms with Gasteiger partial charge in [0, 0.05) is 43.5 Å². The maximum atomic E-state index is 12.4. The molecule has 6 nitrogen and oxygen atoms in total. The first-order valence-electron chi connectivity index (χ1n) is 9.28. The predicted molar refractivity (Wildman–Crippen MR) is 104 cm³/mol. The number of morpholine rings is 1. The van der Waals surface area contributed by atoms with Crippen LogP contribution in [0.25, 0.3) is 0 Å². The van der Waals surface area contributed by atoms with Gasteiger partial charge in [-0.25, -0.2) is 4.98 Å². The SMILES string of the molecule is COc1ncccc1CNC(=O)c1ccc(CN2C[C@@H](C)O[C@@H](C)C2)cc1. The highest BCUT2D eigenvalue weighted by Crippen LogP contribution is 2.16. The van der Waals surface area contributed by atoms with Crippen LogP contribution in [0.3, 0.4) is 0 Å². The van der Waals surface area contributed by atoms with Crippen LogP contribution >= 0.6 is 0 Å². The van der Waals surface area contributed by atoms with Crippen LogP contribution in [0.4, 0.5) is 0 Å². The molecule has 1 N–H and O–H groups in total. The number of hydrogen-bond acceptors (Lipinski definition) is 5. The summed E-state index contributed by atoms with van der Waals surface area (Å²) in [6.07, 6.45) is 2.17. The first kappa shape index (κ1) is 19.3. The van der Waals surface area contributed by atoms with E-state index in [1.165, 1.54) is 5.56 Å². The average Bonchev–Trinajstić information content (AvgIpc) is 2.66. The monoisotopic (exact) mass is 369 g/mol. The first-order chi connectivity index (χ1) is 13.0. The fourth-order valence-electron chi connectivity index (χ4n) is 3.45. The first-order valence-corrected chi connectivity index (χ1v) is 9.28. The summed E-state index contributed by atoms with van der Waals surface area (Å²) in [5.74, 6) is 0.420. The Balaban J connectivity index is 1.55. The number of methoxy groups -OCH3 is 1. The van der Waals surface area contributed by atoms with E-state index in [0.717, 1.165) is 25.2 Å². The summed E-state index contributed by atoms with van der Waals surface area (Å²) in [4.78, 5) is 18.9. The van der Waals surface area contributed by atoms with Crippen LogP contribution in [0, 0.1) is 0 Å². The van der Waals surface area contributed by atoms with E-state index in [4.69, 9.17) is 9.47 Å². The van der Waals surface area contributed by atoms with Crippen LogP contribution in [0.2, 0.25) is 0 Å². The van der Waals surface area contributed by atoms with Gasteiger partial charge in [0.05, 0.1) is 19.3 Å². The molecule has 2 heterocycles. The topological polar surface area (TPSA) is 63.7 Å². The third-order valence-corrected chi connectivity index (χ3v) is 4.60. The molecule has 0 aliphatic carbocycles. The van der Waals surface area contributed by atoms with Crippen molar-refractivity contribution in [1.82, 2.24) is 15.2 Å². The van der Waals surface area contributed by atoms with Gasteiger partial charge in [0.15, 0.2) is 0 Å². The van der Waals surface area contributed by atoms with E-state index < -0.39 is 0 Å². The van der Waals surface area contributed by atoms with Crippen LogP contribution in [-0.2, 0) is 17.8 Å². The van der Waals surface area contributed by atoms with Gasteiger partial charge in [0.2, 0.25) is 5.88 Å². The van der Waals surface area contributed by atoms with Crippen molar-refractivity contribution in [1.29, 1.82) is 0 Å². The molecule has 27 heavy (non-hydrogen) atoms. The average molecular weight is 369 g/mol. The smallest absolute Gasteiger partial charge is 0.251 e. The molecular formula is C21H27N3O3. The number of nitrogens with one attached hydrogen (secondary N) is 1. The van der Waals surface area contributed by atoms with E-state index >= 15 is 0 Å². The van der Waals surface area contributed by atoms with Gasteiger partial charge in [0.25, 0.3) is 5.91 Å². The molecule has 0 unspecified atom stereocenters. The molecule has 0 saturated carbocycles. The molecule has 1 aromatic carbocycles. The normalized spacial score (nSPS) is 20.3. The largest absolute Gasteiger partial charge is 0.481 e. The van der Waals surface area contributed by atoms with E-state index in [2.05, 4.69) is 29.0 Å². The van der Waals surface area contributed by atoms with Crippen LogP contribution in [0.5, 0.6) is 5.88 Å². The summed E-state index contributed by atoms with van der Waals surface area (Å²) < 4.78 is 11.0. The maximum absolute atomic E-state index is 12.4. The maximum Gasteiger partial charge on any atom is 0.251 e. The highest BCUT2D eigenvalue weighted by molar-refractivity contribution is 5.94. The number of ether oxygens (including phenoxy) is 2. The Hall–Kier alpha value is -2.44. The lowest BCUT2D eigenvalue weighted by molar-refractivity contribution is -0.0704. The van der Waals surface area contributed by atoms with Gasteiger partial charge in [-0.1, -0.05) is 18.2 Å². The zero-order valence-electron chi connectivity index (χ0n) is 16.1. The van der Waals surface area contributed by atoms with E-state index in [-0.39, 0.29) is 18.1 Å². The zero-order valence-corrected chi connectivity index (χ0v) is 16.1. The summed E-state index contributed by atoms with van der Waals surface area (Å²) >= 11 is 0. The quantitative estimate of drug-likeness (QED) is 0.848. The minimum absolute atomic E-state index is 0.110. The van der Waals surface area contributed by atoms with Gasteiger partial charge in [-0.05, 0) is 37.6 Å². The molecule has 1 aliphatic rings. The minimum atomic E-state index is -0.110. The van der Waals surface area contributed by atoms with Crippen LogP contribution in [0.1, 0.15) is 35.3 Å². The van der Waals surface area contributed by atoms with Crippen molar-refractivity contribution in [2.45, 2.75) is 39.1 Å². The molecule has 6 heteroatoms. The molecule has 1 aliphatic heterocycles. The number of benzene rings is 1. The summed E-state index contributed by atoms with van der Waals surface area (Å²) in [7, 11) is 1.57. The van der Waals surface area contributed by atoms with Gasteiger partial charge in [-0.15, -0.1) is 0 Å². The Morgan fingerprint density at radius 2 is 1.93 bits per heavy atom. The number of hydrogen-bond donors (Lipinski definition) is 1. The lowest BCUT2D eigenvalue weighted by Gasteiger charge is -2.35. The Labute approximate surface area is 160 Å². The summed E-state index contributed by atoms with van der Waals surface area (Å²) in [5, 5.41) is 2.92. The van der Waals surface area contributed by atoms with E-state index in [9.17, 15) is 4.79 Å². The van der Waals surface area contributed by atoms with Crippen LogP contribution in [0.15, 0.2) is 42.6 Å². The van der Waals surface area contributed by atoms with Crippen molar-refractivity contribution in [3.63, 3.8) is 0 Å². The Morgan fingerprint density at radius 1 is 1.22 bits per heavy atom. The molecule has 0 radical (unpaired) electrons. The number of carbonyl (C=O) groups excluding carboxylic acids is 1. The number of carbonyl (C=O) groups is 1. The molecule has 1 aromatic heterocycles. The van der Waals surface area contributed by atoms with Gasteiger partial charge in [-0.2, -0.15) is 0 Å². The highest BCUT2D eigenvalue weighted by Gasteiger charge is 2.22. The third-order valence-electron chi connectivity index (χ3n) is 4.60. The number of pyridine rings is 1. The number of rotatable bonds is 6. The minimum Gasteiger partial charge on any atom is -0.481 e. The van der Waals surface area contributed by atoms with Gasteiger partial charge >= 0.3 is 0 Å². The van der Waals surface area contributed by atoms with E-state index in [1.807, 2.05) is 36.4 Å². The van der Waals surface area contributed by atoms with Crippen LogP contribution < -0.4 is 10.1 Å². The van der Waals surface area contributed by atoms with Crippen molar-refractivity contribution in [3.8, 4) is 5.88 Å². The van der Waals surface area contributed by atoms with Crippen LogP contribution in [-0.4, -0.2) is 48.2 Å². The second kappa shape index (κ2) is 8.97. The standard InChI is InChI=1S/C21H27N3O3/c1-15-12-24(13-16(2)27-15)14-17-6-8-18(9-7-17)20(25)23-11-19-5-4-10-22-21(19)26-3/h4-10,15-16H,11-14H2,1-3H3,(H,23,25)/t15-,16+. The molecular weight excluding hydrogens is 342 g/mol. The zero-order chi connectivity index (χ0) is 19.2. The Morgan fingerprint density at radius 3 is 2.59 bits per heavy atom. The summed E-state index contributed by atoms with van der Waals surface area (Å²) in [5.41, 5.74) is 2.69. The van der Waals surface area contributed by atoms with E-state index in [1.54, 1.807) is 13.3 Å². The molecule has 2 atom stereocenters.